The normalized spacial score (nSPS) is 14.3. The Morgan fingerprint density at radius 2 is 2.10 bits per heavy atom. The van der Waals surface area contributed by atoms with Crippen molar-refractivity contribution in [3.63, 3.8) is 0 Å². The molecule has 112 valence electrons. The number of anilines is 1. The van der Waals surface area contributed by atoms with E-state index in [2.05, 4.69) is 17.2 Å². The van der Waals surface area contributed by atoms with Crippen LogP contribution in [0, 0.1) is 17.7 Å². The number of rotatable bonds is 2. The fourth-order valence-corrected chi connectivity index (χ4v) is 2.21. The molecule has 1 aromatic carbocycles. The molecule has 0 atom stereocenters. The molecule has 2 rings (SSSR count). The number of carbonyl (C=O) groups is 1. The first-order chi connectivity index (χ1) is 10.2. The van der Waals surface area contributed by atoms with Crippen LogP contribution in [0.15, 0.2) is 18.2 Å². The molecular weight excluding hydrogens is 271 g/mol. The van der Waals surface area contributed by atoms with Crippen molar-refractivity contribution in [1.29, 1.82) is 0 Å². The second kappa shape index (κ2) is 7.65. The Balaban J connectivity index is 2.00. The first-order valence-electron chi connectivity index (χ1n) is 7.16. The Hall–Kier alpha value is -2.06. The van der Waals surface area contributed by atoms with Crippen molar-refractivity contribution in [3.05, 3.63) is 29.6 Å². The van der Waals surface area contributed by atoms with Crippen molar-refractivity contribution in [2.75, 3.05) is 25.0 Å². The number of benzene rings is 1. The van der Waals surface area contributed by atoms with E-state index in [0.29, 0.717) is 12.0 Å². The van der Waals surface area contributed by atoms with Gasteiger partial charge in [0.15, 0.2) is 0 Å². The molecule has 0 aromatic heterocycles. The van der Waals surface area contributed by atoms with Crippen LogP contribution in [0.3, 0.4) is 0 Å². The van der Waals surface area contributed by atoms with Crippen molar-refractivity contribution in [2.45, 2.75) is 25.7 Å². The number of aliphatic hydroxyl groups excluding tert-OH is 1. The third-order valence-corrected chi connectivity index (χ3v) is 3.32. The molecule has 0 spiro atoms. The maximum Gasteiger partial charge on any atom is 0.321 e. The van der Waals surface area contributed by atoms with E-state index in [1.165, 1.54) is 12.1 Å². The lowest BCUT2D eigenvalue weighted by molar-refractivity contribution is 0.200. The molecule has 0 aliphatic carbocycles. The lowest BCUT2D eigenvalue weighted by Crippen LogP contribution is -2.38. The predicted molar refractivity (Wildman–Crippen MR) is 79.4 cm³/mol. The van der Waals surface area contributed by atoms with Gasteiger partial charge in [-0.05, 0) is 37.5 Å². The van der Waals surface area contributed by atoms with E-state index in [-0.39, 0.29) is 18.3 Å². The van der Waals surface area contributed by atoms with E-state index < -0.39 is 5.82 Å². The molecule has 0 unspecified atom stereocenters. The van der Waals surface area contributed by atoms with Gasteiger partial charge in [-0.1, -0.05) is 11.8 Å². The maximum absolute atomic E-state index is 13.9. The summed E-state index contributed by atoms with van der Waals surface area (Å²) in [6, 6.07) is 4.20. The number of likely N-dealkylation sites (tertiary alicyclic amines) is 1. The molecule has 1 aliphatic heterocycles. The molecule has 1 fully saturated rings. The fourth-order valence-electron chi connectivity index (χ4n) is 2.21. The van der Waals surface area contributed by atoms with Gasteiger partial charge in [0.25, 0.3) is 0 Å². The van der Waals surface area contributed by atoms with Gasteiger partial charge >= 0.3 is 6.03 Å². The highest BCUT2D eigenvalue weighted by Crippen LogP contribution is 2.17. The largest absolute Gasteiger partial charge is 0.395 e. The highest BCUT2D eigenvalue weighted by molar-refractivity contribution is 5.89. The van der Waals surface area contributed by atoms with E-state index >= 15 is 0 Å². The Labute approximate surface area is 124 Å². The first-order valence-corrected chi connectivity index (χ1v) is 7.16. The number of halogens is 1. The van der Waals surface area contributed by atoms with E-state index in [9.17, 15) is 9.18 Å². The maximum atomic E-state index is 13.9. The van der Waals surface area contributed by atoms with Gasteiger partial charge in [-0.25, -0.2) is 9.18 Å². The Bertz CT molecular complexity index is 557. The van der Waals surface area contributed by atoms with Crippen molar-refractivity contribution in [1.82, 2.24) is 4.90 Å². The van der Waals surface area contributed by atoms with Crippen LogP contribution in [0.25, 0.3) is 0 Å². The lowest BCUT2D eigenvalue weighted by atomic mass is 10.1. The summed E-state index contributed by atoms with van der Waals surface area (Å²) in [4.78, 5) is 13.7. The number of carbonyl (C=O) groups excluding carboxylic acids is 1. The number of nitrogens with zero attached hydrogens (tertiary/aromatic N) is 1. The van der Waals surface area contributed by atoms with E-state index in [4.69, 9.17) is 5.11 Å². The smallest absolute Gasteiger partial charge is 0.321 e. The minimum Gasteiger partial charge on any atom is -0.395 e. The zero-order chi connectivity index (χ0) is 15.1. The summed E-state index contributed by atoms with van der Waals surface area (Å²) >= 11 is 0. The Morgan fingerprint density at radius 1 is 1.33 bits per heavy atom. The van der Waals surface area contributed by atoms with Crippen LogP contribution in [0.4, 0.5) is 14.9 Å². The number of hydrogen-bond donors (Lipinski definition) is 2. The van der Waals surface area contributed by atoms with Crippen LogP contribution in [0.1, 0.15) is 31.2 Å². The van der Waals surface area contributed by atoms with Crippen LogP contribution < -0.4 is 5.32 Å². The van der Waals surface area contributed by atoms with Gasteiger partial charge in [0.2, 0.25) is 0 Å². The lowest BCUT2D eigenvalue weighted by Gasteiger charge is -2.26. The number of hydrogen-bond acceptors (Lipinski definition) is 2. The molecule has 4 nitrogen and oxygen atoms in total. The summed E-state index contributed by atoms with van der Waals surface area (Å²) in [6.07, 6.45) is 3.49. The minimum atomic E-state index is -0.504. The molecule has 2 N–H and O–H groups in total. The van der Waals surface area contributed by atoms with E-state index in [1.807, 2.05) is 0 Å². The molecule has 1 heterocycles. The third-order valence-electron chi connectivity index (χ3n) is 3.32. The van der Waals surface area contributed by atoms with Crippen LogP contribution in [-0.4, -0.2) is 35.7 Å². The summed E-state index contributed by atoms with van der Waals surface area (Å²) in [6.45, 7) is 1.43. The average Bonchev–Trinajstić information content (AvgIpc) is 2.51. The van der Waals surface area contributed by atoms with E-state index in [0.717, 1.165) is 32.4 Å². The van der Waals surface area contributed by atoms with Gasteiger partial charge < -0.3 is 15.3 Å². The monoisotopic (exact) mass is 290 g/mol. The standard InChI is InChI=1S/C16H19FN2O2/c17-14-12-13(6-2-5-11-20)7-8-15(14)18-16(21)19-9-3-1-4-10-19/h7-8,12,20H,1,3-5,9-11H2,(H,18,21). The fraction of sp³-hybridized carbons (Fsp3) is 0.438. The summed E-state index contributed by atoms with van der Waals surface area (Å²) in [5.41, 5.74) is 0.690. The molecule has 1 aromatic rings. The number of piperidine rings is 1. The molecule has 1 aliphatic rings. The number of amides is 2. The molecular formula is C16H19FN2O2. The second-order valence-electron chi connectivity index (χ2n) is 4.95. The third kappa shape index (κ3) is 4.47. The molecule has 0 bridgehead atoms. The van der Waals surface area contributed by atoms with Crippen LogP contribution >= 0.6 is 0 Å². The molecule has 21 heavy (non-hydrogen) atoms. The molecule has 0 radical (unpaired) electrons. The number of nitrogens with one attached hydrogen (secondary N) is 1. The summed E-state index contributed by atoms with van der Waals surface area (Å²) in [7, 11) is 0. The highest BCUT2D eigenvalue weighted by atomic mass is 19.1. The molecule has 0 saturated carbocycles. The average molecular weight is 290 g/mol. The Morgan fingerprint density at radius 3 is 2.76 bits per heavy atom. The van der Waals surface area contributed by atoms with Crippen LogP contribution in [0.2, 0.25) is 0 Å². The van der Waals surface area contributed by atoms with Crippen LogP contribution in [0.5, 0.6) is 0 Å². The zero-order valence-electron chi connectivity index (χ0n) is 11.9. The van der Waals surface area contributed by atoms with Gasteiger partial charge in [-0.3, -0.25) is 0 Å². The van der Waals surface area contributed by atoms with Crippen molar-refractivity contribution in [2.24, 2.45) is 0 Å². The van der Waals surface area contributed by atoms with Gasteiger partial charge in [-0.2, -0.15) is 0 Å². The van der Waals surface area contributed by atoms with Crippen molar-refractivity contribution < 1.29 is 14.3 Å². The summed E-state index contributed by atoms with van der Waals surface area (Å²) < 4.78 is 13.9. The van der Waals surface area contributed by atoms with Crippen molar-refractivity contribution in [3.8, 4) is 11.8 Å². The predicted octanol–water partition coefficient (Wildman–Crippen LogP) is 2.58. The van der Waals surface area contributed by atoms with Gasteiger partial charge in [-0.15, -0.1) is 0 Å². The topological polar surface area (TPSA) is 52.6 Å². The molecule has 5 heteroatoms. The van der Waals surface area contributed by atoms with Crippen LogP contribution in [-0.2, 0) is 0 Å². The van der Waals surface area contributed by atoms with E-state index in [1.54, 1.807) is 11.0 Å². The number of urea groups is 1. The van der Waals surface area contributed by atoms with Gasteiger partial charge in [0.05, 0.1) is 12.3 Å². The van der Waals surface area contributed by atoms with Crippen molar-refractivity contribution >= 4 is 11.7 Å². The minimum absolute atomic E-state index is 0.0144. The van der Waals surface area contributed by atoms with Gasteiger partial charge in [0.1, 0.15) is 5.82 Å². The summed E-state index contributed by atoms with van der Waals surface area (Å²) in [5.74, 6) is 4.98. The van der Waals surface area contributed by atoms with Gasteiger partial charge in [0, 0.05) is 25.1 Å². The zero-order valence-corrected chi connectivity index (χ0v) is 11.9. The highest BCUT2D eigenvalue weighted by Gasteiger charge is 2.17. The Kier molecular flexibility index (Phi) is 5.59. The number of aliphatic hydroxyl groups is 1. The SMILES string of the molecule is O=C(Nc1ccc(C#CCCO)cc1F)N1CCCCC1. The quantitative estimate of drug-likeness (QED) is 0.823. The first kappa shape index (κ1) is 15.3. The molecule has 1 saturated heterocycles. The second-order valence-corrected chi connectivity index (χ2v) is 4.95. The summed E-state index contributed by atoms with van der Waals surface area (Å²) in [5, 5.41) is 11.2. The molecule has 2 amide bonds.